The summed E-state index contributed by atoms with van der Waals surface area (Å²) in [7, 11) is 0. The lowest BCUT2D eigenvalue weighted by molar-refractivity contribution is 0.531. The second kappa shape index (κ2) is 15.3. The van der Waals surface area contributed by atoms with Gasteiger partial charge in [-0.3, -0.25) is 0 Å². The maximum atomic E-state index is 2.83. The second-order valence-electron chi connectivity index (χ2n) is 31.0. The number of hydrogen-bond acceptors (Lipinski definition) is 0. The average molecular weight is 1040 g/mol. The molecule has 2 nitrogen and oxygen atoms in total. The molecule has 2 aromatic heterocycles. The number of benzene rings is 9. The van der Waals surface area contributed by atoms with Crippen molar-refractivity contribution in [3.8, 4) is 33.6 Å². The topological polar surface area (TPSA) is 9.86 Å². The highest BCUT2D eigenvalue weighted by Crippen LogP contribution is 2.63. The average Bonchev–Trinajstić information content (AvgIpc) is 4.16. The van der Waals surface area contributed by atoms with Gasteiger partial charge < -0.3 is 9.13 Å². The third kappa shape index (κ3) is 6.33. The van der Waals surface area contributed by atoms with E-state index >= 15 is 0 Å². The molecule has 0 radical (unpaired) electrons. The zero-order chi connectivity index (χ0) is 56.2. The zero-order valence-corrected chi connectivity index (χ0v) is 50.8. The Balaban J connectivity index is 1.26. The Kier molecular flexibility index (Phi) is 9.52. The SMILES string of the molecule is CC(C)(C)c1ccc2c(c1)c1cc(C(C)(C)C)cc3c1n2-c1c(-c2cccc4cc(C(C)(C)C)c(C(C)(C)C)cc24)cc2c4c1B3c1cc(C(C)(C)C)cc3c5cc(C(C)(C)C)cc(c5n-4c13)C21c2ccccc2-c2ccccc21. The second-order valence-corrected chi connectivity index (χ2v) is 31.0. The number of rotatable bonds is 1. The molecule has 0 saturated heterocycles. The van der Waals surface area contributed by atoms with Crippen LogP contribution in [-0.2, 0) is 37.9 Å². The van der Waals surface area contributed by atoms with Crippen molar-refractivity contribution in [1.29, 1.82) is 0 Å². The molecule has 80 heavy (non-hydrogen) atoms. The molecule has 1 spiro atoms. The van der Waals surface area contributed by atoms with Gasteiger partial charge in [0.25, 0.3) is 6.71 Å². The smallest absolute Gasteiger partial charge is 0.252 e. The van der Waals surface area contributed by atoms with Gasteiger partial charge in [-0.15, -0.1) is 0 Å². The summed E-state index contributed by atoms with van der Waals surface area (Å²) in [5.74, 6) is 0. The lowest BCUT2D eigenvalue weighted by Crippen LogP contribution is -2.61. The molecule has 0 amide bonds. The van der Waals surface area contributed by atoms with Crippen molar-refractivity contribution in [2.24, 2.45) is 0 Å². The number of hydrogen-bond donors (Lipinski definition) is 0. The fourth-order valence-electron chi connectivity index (χ4n) is 15.6. The summed E-state index contributed by atoms with van der Waals surface area (Å²) in [6.07, 6.45) is 0. The van der Waals surface area contributed by atoms with Gasteiger partial charge in [-0.05, 0) is 174 Å². The molecule has 4 aliphatic rings. The first-order chi connectivity index (χ1) is 37.5. The highest BCUT2D eigenvalue weighted by atomic mass is 15.1. The normalized spacial score (nSPS) is 15.2. The Labute approximate surface area is 475 Å². The van der Waals surface area contributed by atoms with E-state index in [-0.39, 0.29) is 39.2 Å². The largest absolute Gasteiger partial charge is 0.310 e. The van der Waals surface area contributed by atoms with E-state index in [0.29, 0.717) is 0 Å². The standard InChI is InChI=1S/C77H77BN2/c1-71(2,3)43-30-31-64-51(33-43)52-35-45(73(7,8)9)38-62-67(52)79(64)69-55(47-27-23-24-42-32-58(75(13,14)15)59(40-50(42)47)76(16,17)18)41-61-70-65(69)78(62)63-39-46(74(10,11)12)36-54-53-34-44(72(4,5)6)37-60(66(53)80(70)68(54)63)77(61)56-28-21-19-25-48(56)49-26-20-22-29-57(49)77/h19-41H,1-18H3. The molecule has 3 heteroatoms. The van der Waals surface area contributed by atoms with Gasteiger partial charge in [0, 0.05) is 43.8 Å². The summed E-state index contributed by atoms with van der Waals surface area (Å²) in [6, 6.07) is 57.3. The summed E-state index contributed by atoms with van der Waals surface area (Å²) < 4.78 is 5.61. The molecule has 5 heterocycles. The summed E-state index contributed by atoms with van der Waals surface area (Å²) in [5.41, 5.74) is 30.3. The Morgan fingerprint density at radius 3 is 1.38 bits per heavy atom. The maximum absolute atomic E-state index is 2.83. The van der Waals surface area contributed by atoms with Crippen molar-refractivity contribution in [2.45, 2.75) is 163 Å². The van der Waals surface area contributed by atoms with Crippen molar-refractivity contribution in [3.05, 3.63) is 195 Å². The molecule has 0 fully saturated rings. The molecule has 0 atom stereocenters. The minimum atomic E-state index is -0.644. The van der Waals surface area contributed by atoms with Gasteiger partial charge >= 0.3 is 0 Å². The van der Waals surface area contributed by atoms with E-state index in [9.17, 15) is 0 Å². The minimum Gasteiger partial charge on any atom is -0.310 e. The molecule has 3 aliphatic heterocycles. The van der Waals surface area contributed by atoms with Crippen LogP contribution >= 0.6 is 0 Å². The first kappa shape index (κ1) is 49.9. The van der Waals surface area contributed by atoms with E-state index in [2.05, 4.69) is 273 Å². The van der Waals surface area contributed by atoms with Crippen LogP contribution in [0.3, 0.4) is 0 Å². The van der Waals surface area contributed by atoms with Crippen LogP contribution in [0.15, 0.2) is 140 Å². The minimum absolute atomic E-state index is 0.0309. The zero-order valence-electron chi connectivity index (χ0n) is 50.8. The van der Waals surface area contributed by atoms with Crippen LogP contribution in [0.5, 0.6) is 0 Å². The Morgan fingerprint density at radius 1 is 0.325 bits per heavy atom. The van der Waals surface area contributed by atoms with Crippen molar-refractivity contribution in [2.75, 3.05) is 0 Å². The van der Waals surface area contributed by atoms with Crippen molar-refractivity contribution < 1.29 is 0 Å². The third-order valence-electron chi connectivity index (χ3n) is 19.7. The summed E-state index contributed by atoms with van der Waals surface area (Å²) >= 11 is 0. The first-order valence-corrected chi connectivity index (χ1v) is 29.8. The maximum Gasteiger partial charge on any atom is 0.252 e. The molecule has 11 aromatic rings. The van der Waals surface area contributed by atoms with E-state index in [1.807, 2.05) is 0 Å². The van der Waals surface area contributed by atoms with Gasteiger partial charge in [-0.1, -0.05) is 222 Å². The van der Waals surface area contributed by atoms with Crippen molar-refractivity contribution >= 4 is 77.5 Å². The predicted octanol–water partition coefficient (Wildman–Crippen LogP) is 18.3. The highest BCUT2D eigenvalue weighted by Gasteiger charge is 2.55. The van der Waals surface area contributed by atoms with Crippen LogP contribution < -0.4 is 16.4 Å². The van der Waals surface area contributed by atoms with Gasteiger partial charge in [0.2, 0.25) is 0 Å². The van der Waals surface area contributed by atoms with E-state index in [1.54, 1.807) is 0 Å². The van der Waals surface area contributed by atoms with E-state index < -0.39 is 5.41 Å². The molecule has 0 bridgehead atoms. The van der Waals surface area contributed by atoms with Crippen LogP contribution in [0.2, 0.25) is 0 Å². The predicted molar refractivity (Wildman–Crippen MR) is 346 cm³/mol. The first-order valence-electron chi connectivity index (χ1n) is 29.8. The van der Waals surface area contributed by atoms with Crippen LogP contribution in [0.4, 0.5) is 0 Å². The van der Waals surface area contributed by atoms with Gasteiger partial charge in [-0.2, -0.15) is 0 Å². The quantitative estimate of drug-likeness (QED) is 0.145. The van der Waals surface area contributed by atoms with Gasteiger partial charge in [0.05, 0.1) is 22.1 Å². The Bertz CT molecular complexity index is 4590. The molecule has 0 unspecified atom stereocenters. The van der Waals surface area contributed by atoms with Gasteiger partial charge in [0.1, 0.15) is 0 Å². The molecule has 398 valence electrons. The Morgan fingerprint density at radius 2 is 0.812 bits per heavy atom. The molecule has 0 saturated carbocycles. The van der Waals surface area contributed by atoms with Gasteiger partial charge in [-0.25, -0.2) is 0 Å². The summed E-state index contributed by atoms with van der Waals surface area (Å²) in [5, 5.41) is 8.03. The number of fused-ring (bicyclic) bond motifs is 15. The lowest BCUT2D eigenvalue weighted by Gasteiger charge is -2.45. The molecular weight excluding hydrogens is 964 g/mol. The molecule has 0 N–H and O–H groups in total. The third-order valence-corrected chi connectivity index (χ3v) is 19.7. The van der Waals surface area contributed by atoms with E-state index in [1.165, 1.54) is 160 Å². The van der Waals surface area contributed by atoms with Crippen molar-refractivity contribution in [1.82, 2.24) is 9.13 Å². The Hall–Kier alpha value is -7.10. The van der Waals surface area contributed by atoms with Crippen LogP contribution in [0.1, 0.15) is 180 Å². The monoisotopic (exact) mass is 1040 g/mol. The summed E-state index contributed by atoms with van der Waals surface area (Å²) in [4.78, 5) is 0. The number of aromatic nitrogens is 2. The molecule has 9 aromatic carbocycles. The molecule has 1 aliphatic carbocycles. The fourth-order valence-corrected chi connectivity index (χ4v) is 15.6. The summed E-state index contributed by atoms with van der Waals surface area (Å²) in [6.45, 7) is 43.2. The number of nitrogens with zero attached hydrogens (tertiary/aromatic N) is 2. The van der Waals surface area contributed by atoms with Gasteiger partial charge in [0.15, 0.2) is 0 Å². The van der Waals surface area contributed by atoms with E-state index in [0.717, 1.165) is 0 Å². The lowest BCUT2D eigenvalue weighted by atomic mass is 9.33. The van der Waals surface area contributed by atoms with Crippen LogP contribution in [0, 0.1) is 0 Å². The van der Waals surface area contributed by atoms with E-state index in [4.69, 9.17) is 0 Å². The molecular formula is C77H77BN2. The van der Waals surface area contributed by atoms with Crippen LogP contribution in [-0.4, -0.2) is 15.8 Å². The van der Waals surface area contributed by atoms with Crippen LogP contribution in [0.25, 0.3) is 88.0 Å². The van der Waals surface area contributed by atoms with Crippen molar-refractivity contribution in [3.63, 3.8) is 0 Å². The highest BCUT2D eigenvalue weighted by molar-refractivity contribution is 7.00. The fraction of sp³-hybridized carbons (Fsp3) is 0.325. The molecule has 15 rings (SSSR count).